The largest absolute Gasteiger partial charge is 0.443 e. The van der Waals surface area contributed by atoms with Gasteiger partial charge in [0.25, 0.3) is 0 Å². The van der Waals surface area contributed by atoms with Crippen molar-refractivity contribution in [3.8, 4) is 0 Å². The van der Waals surface area contributed by atoms with Gasteiger partial charge < -0.3 is 9.64 Å². The maximum absolute atomic E-state index is 13.0. The Labute approximate surface area is 188 Å². The molecule has 1 spiro atoms. The van der Waals surface area contributed by atoms with Crippen LogP contribution in [-0.2, 0) is 10.2 Å². The lowest BCUT2D eigenvalue weighted by atomic mass is 9.58. The number of nitrogens with zero attached hydrogens (tertiary/aromatic N) is 2. The average Bonchev–Trinajstić information content (AvgIpc) is 3.00. The molecule has 2 heterocycles. The highest BCUT2D eigenvalue weighted by atomic mass is 16.6. The van der Waals surface area contributed by atoms with Gasteiger partial charge in [-0.1, -0.05) is 37.0 Å². The predicted molar refractivity (Wildman–Crippen MR) is 126 cm³/mol. The van der Waals surface area contributed by atoms with Gasteiger partial charge in [0.05, 0.1) is 5.69 Å². The molecule has 0 aromatic heterocycles. The predicted octanol–water partition coefficient (Wildman–Crippen LogP) is 5.91. The summed E-state index contributed by atoms with van der Waals surface area (Å²) in [7, 11) is 0. The Morgan fingerprint density at radius 1 is 1.16 bits per heavy atom. The van der Waals surface area contributed by atoms with Crippen molar-refractivity contribution in [3.05, 3.63) is 29.3 Å². The fourth-order valence-corrected chi connectivity index (χ4v) is 6.91. The van der Waals surface area contributed by atoms with Crippen LogP contribution in [0.15, 0.2) is 18.2 Å². The molecule has 170 valence electrons. The van der Waals surface area contributed by atoms with Crippen molar-refractivity contribution in [2.45, 2.75) is 83.7 Å². The van der Waals surface area contributed by atoms with Gasteiger partial charge in [-0.25, -0.2) is 4.79 Å². The summed E-state index contributed by atoms with van der Waals surface area (Å²) in [6.07, 6.45) is 9.44. The molecule has 0 radical (unpaired) electrons. The molecule has 1 saturated heterocycles. The van der Waals surface area contributed by atoms with Crippen molar-refractivity contribution in [2.24, 2.45) is 17.8 Å². The second kappa shape index (κ2) is 7.79. The van der Waals surface area contributed by atoms with E-state index in [4.69, 9.17) is 4.74 Å². The quantitative estimate of drug-likeness (QED) is 0.592. The monoisotopic (exact) mass is 424 g/mol. The molecular formula is C27H40N2O2. The fourth-order valence-electron chi connectivity index (χ4n) is 6.91. The van der Waals surface area contributed by atoms with Crippen LogP contribution in [0.3, 0.4) is 0 Å². The second-order valence-corrected chi connectivity index (χ2v) is 11.9. The molecule has 3 atom stereocenters. The number of carbonyl (C=O) groups is 1. The summed E-state index contributed by atoms with van der Waals surface area (Å²) in [6.45, 7) is 12.4. The van der Waals surface area contributed by atoms with Crippen LogP contribution in [0.2, 0.25) is 0 Å². The molecule has 31 heavy (non-hydrogen) atoms. The number of aryl methyl sites for hydroxylation is 1. The van der Waals surface area contributed by atoms with Gasteiger partial charge in [0.15, 0.2) is 0 Å². The molecule has 2 aliphatic carbocycles. The summed E-state index contributed by atoms with van der Waals surface area (Å²) in [6, 6.07) is 6.59. The zero-order chi connectivity index (χ0) is 21.8. The van der Waals surface area contributed by atoms with Crippen molar-refractivity contribution in [3.63, 3.8) is 0 Å². The molecule has 4 aliphatic rings. The lowest BCUT2D eigenvalue weighted by Crippen LogP contribution is -2.50. The van der Waals surface area contributed by atoms with Crippen molar-refractivity contribution in [1.29, 1.82) is 0 Å². The molecule has 0 N–H and O–H groups in total. The van der Waals surface area contributed by atoms with E-state index in [1.807, 2.05) is 25.7 Å². The maximum atomic E-state index is 13.0. The van der Waals surface area contributed by atoms with E-state index in [0.29, 0.717) is 0 Å². The number of rotatable bonds is 2. The molecule has 1 aromatic carbocycles. The Morgan fingerprint density at radius 3 is 2.61 bits per heavy atom. The smallest absolute Gasteiger partial charge is 0.414 e. The highest BCUT2D eigenvalue weighted by Crippen LogP contribution is 2.51. The van der Waals surface area contributed by atoms with E-state index in [-0.39, 0.29) is 11.5 Å². The zero-order valence-electron chi connectivity index (χ0n) is 20.0. The molecule has 1 aromatic rings. The third-order valence-electron chi connectivity index (χ3n) is 8.57. The third kappa shape index (κ3) is 4.01. The van der Waals surface area contributed by atoms with E-state index in [9.17, 15) is 4.79 Å². The molecule has 3 fully saturated rings. The minimum Gasteiger partial charge on any atom is -0.443 e. The molecular weight excluding hydrogens is 384 g/mol. The van der Waals surface area contributed by atoms with Gasteiger partial charge in [-0.15, -0.1) is 0 Å². The van der Waals surface area contributed by atoms with E-state index in [1.54, 1.807) is 0 Å². The summed E-state index contributed by atoms with van der Waals surface area (Å²) in [5.74, 6) is 3.00. The molecule has 3 unspecified atom stereocenters. The van der Waals surface area contributed by atoms with Crippen molar-refractivity contribution in [1.82, 2.24) is 4.90 Å². The van der Waals surface area contributed by atoms with E-state index in [2.05, 4.69) is 30.0 Å². The standard InChI is InChI=1S/C27H40N2O2/c1-19-9-10-24-23(15-19)27(18-29(24)25(30)31-26(2,3)4)11-13-28(14-12-27)17-21-16-20-7-5-6-8-22(20)21/h9-10,15,20-22H,5-8,11-14,16-18H2,1-4H3. The minimum absolute atomic E-state index is 0.0851. The number of amides is 1. The molecule has 1 amide bonds. The minimum atomic E-state index is -0.471. The van der Waals surface area contributed by atoms with Gasteiger partial charge in [-0.2, -0.15) is 0 Å². The van der Waals surface area contributed by atoms with Crippen molar-refractivity contribution in [2.75, 3.05) is 31.1 Å². The van der Waals surface area contributed by atoms with Crippen LogP contribution >= 0.6 is 0 Å². The lowest BCUT2D eigenvalue weighted by molar-refractivity contribution is -0.00248. The second-order valence-electron chi connectivity index (χ2n) is 11.9. The number of anilines is 1. The molecule has 5 rings (SSSR count). The number of hydrogen-bond acceptors (Lipinski definition) is 3. The van der Waals surface area contributed by atoms with Crippen molar-refractivity contribution >= 4 is 11.8 Å². The number of carbonyl (C=O) groups excluding carboxylic acids is 1. The van der Waals surface area contributed by atoms with Gasteiger partial charge in [0.1, 0.15) is 5.60 Å². The van der Waals surface area contributed by atoms with Gasteiger partial charge in [-0.05, 0) is 95.9 Å². The van der Waals surface area contributed by atoms with Crippen LogP contribution in [-0.4, -0.2) is 42.8 Å². The van der Waals surface area contributed by atoms with Gasteiger partial charge in [-0.3, -0.25) is 4.90 Å². The van der Waals surface area contributed by atoms with E-state index >= 15 is 0 Å². The molecule has 2 aliphatic heterocycles. The normalized spacial score (nSPS) is 29.9. The number of benzene rings is 1. The van der Waals surface area contributed by atoms with E-state index in [0.717, 1.165) is 55.9 Å². The highest BCUT2D eigenvalue weighted by molar-refractivity contribution is 5.91. The van der Waals surface area contributed by atoms with Crippen LogP contribution < -0.4 is 4.90 Å². The topological polar surface area (TPSA) is 32.8 Å². The number of hydrogen-bond donors (Lipinski definition) is 0. The zero-order valence-corrected chi connectivity index (χ0v) is 20.0. The molecule has 2 saturated carbocycles. The first-order chi connectivity index (χ1) is 14.7. The van der Waals surface area contributed by atoms with Crippen LogP contribution in [0.25, 0.3) is 0 Å². The van der Waals surface area contributed by atoms with Crippen molar-refractivity contribution < 1.29 is 9.53 Å². The first kappa shape index (κ1) is 21.3. The number of likely N-dealkylation sites (tertiary alicyclic amines) is 1. The Kier molecular flexibility index (Phi) is 5.36. The van der Waals surface area contributed by atoms with Crippen LogP contribution in [0.4, 0.5) is 10.5 Å². The van der Waals surface area contributed by atoms with Crippen LogP contribution in [0.5, 0.6) is 0 Å². The average molecular weight is 425 g/mol. The van der Waals surface area contributed by atoms with Gasteiger partial charge >= 0.3 is 6.09 Å². The first-order valence-electron chi connectivity index (χ1n) is 12.6. The number of fused-ring (bicyclic) bond motifs is 3. The van der Waals surface area contributed by atoms with Gasteiger partial charge in [0, 0.05) is 18.5 Å². The molecule has 0 bridgehead atoms. The number of piperidine rings is 1. The van der Waals surface area contributed by atoms with Crippen LogP contribution in [0, 0.1) is 24.7 Å². The van der Waals surface area contributed by atoms with E-state index in [1.165, 1.54) is 49.8 Å². The SMILES string of the molecule is Cc1ccc2c(c1)C1(CCN(CC3CC4CCCCC43)CC1)CN2C(=O)OC(C)(C)C. The lowest BCUT2D eigenvalue weighted by Gasteiger charge is -2.51. The Balaban J connectivity index is 1.28. The van der Waals surface area contributed by atoms with E-state index < -0.39 is 5.60 Å². The summed E-state index contributed by atoms with van der Waals surface area (Å²) in [5.41, 5.74) is 3.33. The Bertz CT molecular complexity index is 834. The Morgan fingerprint density at radius 2 is 1.90 bits per heavy atom. The molecule has 4 heteroatoms. The molecule has 4 nitrogen and oxygen atoms in total. The fraction of sp³-hybridized carbons (Fsp3) is 0.741. The third-order valence-corrected chi connectivity index (χ3v) is 8.57. The number of ether oxygens (including phenoxy) is 1. The summed E-state index contributed by atoms with van der Waals surface area (Å²) >= 11 is 0. The summed E-state index contributed by atoms with van der Waals surface area (Å²) < 4.78 is 5.77. The Hall–Kier alpha value is -1.55. The van der Waals surface area contributed by atoms with Gasteiger partial charge in [0.2, 0.25) is 0 Å². The first-order valence-corrected chi connectivity index (χ1v) is 12.6. The summed E-state index contributed by atoms with van der Waals surface area (Å²) in [4.78, 5) is 17.7. The maximum Gasteiger partial charge on any atom is 0.414 e. The summed E-state index contributed by atoms with van der Waals surface area (Å²) in [5, 5.41) is 0. The van der Waals surface area contributed by atoms with Crippen LogP contribution in [0.1, 0.15) is 76.8 Å². The highest BCUT2D eigenvalue weighted by Gasteiger charge is 2.48.